The maximum absolute atomic E-state index is 11.7. The number of amides is 1. The highest BCUT2D eigenvalue weighted by Gasteiger charge is 2.23. The molecule has 1 aliphatic rings. The van der Waals surface area contributed by atoms with Crippen LogP contribution in [0.25, 0.3) is 0 Å². The minimum Gasteiger partial charge on any atom is -0.450 e. The summed E-state index contributed by atoms with van der Waals surface area (Å²) in [5, 5.41) is 6.51. The molecule has 1 aromatic heterocycles. The molecule has 7 nitrogen and oxygen atoms in total. The highest BCUT2D eigenvalue weighted by Crippen LogP contribution is 2.19. The van der Waals surface area contributed by atoms with Crippen molar-refractivity contribution in [1.29, 1.82) is 0 Å². The summed E-state index contributed by atoms with van der Waals surface area (Å²) in [6.45, 7) is 8.52. The monoisotopic (exact) mass is 495 g/mol. The van der Waals surface area contributed by atoms with E-state index in [4.69, 9.17) is 10.5 Å². The molecule has 1 amide bonds. The van der Waals surface area contributed by atoms with Crippen molar-refractivity contribution < 1.29 is 9.53 Å². The number of guanidine groups is 1. The lowest BCUT2D eigenvalue weighted by Crippen LogP contribution is -2.48. The van der Waals surface area contributed by atoms with Crippen molar-refractivity contribution in [2.75, 3.05) is 26.2 Å². The predicted molar refractivity (Wildman–Crippen MR) is 117 cm³/mol. The van der Waals surface area contributed by atoms with Crippen molar-refractivity contribution in [1.82, 2.24) is 15.2 Å². The van der Waals surface area contributed by atoms with Gasteiger partial charge in [-0.1, -0.05) is 13.8 Å². The van der Waals surface area contributed by atoms with E-state index in [-0.39, 0.29) is 36.1 Å². The van der Waals surface area contributed by atoms with Gasteiger partial charge in [-0.15, -0.1) is 35.3 Å². The summed E-state index contributed by atoms with van der Waals surface area (Å²) < 4.78 is 5.02. The molecule has 1 aliphatic heterocycles. The van der Waals surface area contributed by atoms with Crippen molar-refractivity contribution in [3.05, 3.63) is 16.1 Å². The average molecular weight is 495 g/mol. The summed E-state index contributed by atoms with van der Waals surface area (Å²) >= 11 is 1.70. The SMILES string of the molecule is CCOC(=O)N1CCC(NC(N)=NCCc2csc(C(C)C)n2)CC1.I. The van der Waals surface area contributed by atoms with Crippen molar-refractivity contribution in [2.24, 2.45) is 10.7 Å². The number of carbonyl (C=O) groups is 1. The lowest BCUT2D eigenvalue weighted by atomic mass is 10.1. The van der Waals surface area contributed by atoms with Crippen LogP contribution in [0.1, 0.15) is 50.2 Å². The minimum atomic E-state index is -0.230. The number of rotatable bonds is 6. The molecule has 0 spiro atoms. The molecule has 0 unspecified atom stereocenters. The van der Waals surface area contributed by atoms with Gasteiger partial charge in [0, 0.05) is 43.4 Å². The smallest absolute Gasteiger partial charge is 0.409 e. The number of hydrogen-bond donors (Lipinski definition) is 2. The first-order valence-corrected chi connectivity index (χ1v) is 9.80. The maximum atomic E-state index is 11.7. The number of hydrogen-bond acceptors (Lipinski definition) is 5. The number of nitrogens with one attached hydrogen (secondary N) is 1. The summed E-state index contributed by atoms with van der Waals surface area (Å²) in [6.07, 6.45) is 2.26. The number of likely N-dealkylation sites (tertiary alicyclic amines) is 1. The summed E-state index contributed by atoms with van der Waals surface area (Å²) in [4.78, 5) is 22.4. The highest BCUT2D eigenvalue weighted by molar-refractivity contribution is 14.0. The second kappa shape index (κ2) is 11.6. The summed E-state index contributed by atoms with van der Waals surface area (Å²) in [6, 6.07) is 0.251. The Morgan fingerprint density at radius 1 is 1.50 bits per heavy atom. The number of nitrogens with zero attached hydrogens (tertiary/aromatic N) is 3. The first-order chi connectivity index (χ1) is 12.0. The Morgan fingerprint density at radius 3 is 2.77 bits per heavy atom. The van der Waals surface area contributed by atoms with Gasteiger partial charge in [-0.3, -0.25) is 4.99 Å². The fraction of sp³-hybridized carbons (Fsp3) is 0.706. The molecule has 3 N–H and O–H groups in total. The second-order valence-corrected chi connectivity index (χ2v) is 7.34. The molecular formula is C17H30IN5O2S. The van der Waals surface area contributed by atoms with Crippen LogP contribution in [0.2, 0.25) is 0 Å². The molecule has 0 atom stereocenters. The van der Waals surface area contributed by atoms with Gasteiger partial charge < -0.3 is 20.7 Å². The summed E-state index contributed by atoms with van der Waals surface area (Å²) in [5.74, 6) is 0.934. The van der Waals surface area contributed by atoms with Crippen LogP contribution in [0.15, 0.2) is 10.4 Å². The molecule has 0 aliphatic carbocycles. The van der Waals surface area contributed by atoms with E-state index in [0.29, 0.717) is 38.1 Å². The number of ether oxygens (including phenoxy) is 1. The normalized spacial score (nSPS) is 15.7. The van der Waals surface area contributed by atoms with Gasteiger partial charge in [0.1, 0.15) is 0 Å². The van der Waals surface area contributed by atoms with Gasteiger partial charge in [0.05, 0.1) is 17.3 Å². The van der Waals surface area contributed by atoms with E-state index in [9.17, 15) is 4.79 Å². The number of piperidine rings is 1. The zero-order valence-corrected chi connectivity index (χ0v) is 18.9. The van der Waals surface area contributed by atoms with Gasteiger partial charge in [-0.2, -0.15) is 0 Å². The topological polar surface area (TPSA) is 92.8 Å². The van der Waals surface area contributed by atoms with Crippen molar-refractivity contribution in [3.8, 4) is 0 Å². The molecule has 2 heterocycles. The van der Waals surface area contributed by atoms with Gasteiger partial charge in [-0.05, 0) is 19.8 Å². The predicted octanol–water partition coefficient (Wildman–Crippen LogP) is 2.95. The molecule has 9 heteroatoms. The van der Waals surface area contributed by atoms with E-state index in [1.54, 1.807) is 16.2 Å². The quantitative estimate of drug-likeness (QED) is 0.360. The van der Waals surface area contributed by atoms with Crippen molar-refractivity contribution in [3.63, 3.8) is 0 Å². The number of carbonyl (C=O) groups excluding carboxylic acids is 1. The van der Waals surface area contributed by atoms with Gasteiger partial charge >= 0.3 is 6.09 Å². The van der Waals surface area contributed by atoms with Crippen LogP contribution in [0.5, 0.6) is 0 Å². The molecule has 0 saturated carbocycles. The number of nitrogens with two attached hydrogens (primary N) is 1. The van der Waals surface area contributed by atoms with Crippen LogP contribution in [-0.2, 0) is 11.2 Å². The lowest BCUT2D eigenvalue weighted by molar-refractivity contribution is 0.0963. The second-order valence-electron chi connectivity index (χ2n) is 6.45. The first-order valence-electron chi connectivity index (χ1n) is 8.92. The summed E-state index contributed by atoms with van der Waals surface area (Å²) in [5.41, 5.74) is 7.06. The number of thiazole rings is 1. The molecule has 26 heavy (non-hydrogen) atoms. The number of aliphatic imine (C=N–C) groups is 1. The van der Waals surface area contributed by atoms with Gasteiger partial charge in [0.2, 0.25) is 0 Å². The highest BCUT2D eigenvalue weighted by atomic mass is 127. The van der Waals surface area contributed by atoms with E-state index in [1.807, 2.05) is 6.92 Å². The molecular weight excluding hydrogens is 465 g/mol. The third-order valence-corrected chi connectivity index (χ3v) is 5.28. The van der Waals surface area contributed by atoms with Crippen LogP contribution >= 0.6 is 35.3 Å². The molecule has 148 valence electrons. The van der Waals surface area contributed by atoms with Crippen LogP contribution in [0, 0.1) is 0 Å². The third kappa shape index (κ3) is 7.26. The van der Waals surface area contributed by atoms with E-state index >= 15 is 0 Å². The fourth-order valence-electron chi connectivity index (χ4n) is 2.67. The van der Waals surface area contributed by atoms with E-state index in [1.165, 1.54) is 5.01 Å². The molecule has 0 bridgehead atoms. The molecule has 1 aromatic rings. The van der Waals surface area contributed by atoms with E-state index < -0.39 is 0 Å². The van der Waals surface area contributed by atoms with Crippen molar-refractivity contribution >= 4 is 47.4 Å². The lowest BCUT2D eigenvalue weighted by Gasteiger charge is -2.31. The van der Waals surface area contributed by atoms with Crippen LogP contribution in [0.4, 0.5) is 4.79 Å². The first kappa shape index (κ1) is 22.9. The Labute approximate surface area is 176 Å². The van der Waals surface area contributed by atoms with Gasteiger partial charge in [-0.25, -0.2) is 9.78 Å². The molecule has 0 aromatic carbocycles. The fourth-order valence-corrected chi connectivity index (χ4v) is 3.54. The van der Waals surface area contributed by atoms with Crippen LogP contribution in [0.3, 0.4) is 0 Å². The molecule has 2 rings (SSSR count). The number of aromatic nitrogens is 1. The van der Waals surface area contributed by atoms with Crippen LogP contribution < -0.4 is 11.1 Å². The zero-order valence-electron chi connectivity index (χ0n) is 15.7. The summed E-state index contributed by atoms with van der Waals surface area (Å²) in [7, 11) is 0. The van der Waals surface area contributed by atoms with E-state index in [0.717, 1.165) is 25.0 Å². The Kier molecular flexibility index (Phi) is 10.2. The number of halogens is 1. The Balaban J connectivity index is 0.00000338. The third-order valence-electron chi connectivity index (χ3n) is 4.09. The average Bonchev–Trinajstić information content (AvgIpc) is 3.05. The Bertz CT molecular complexity index is 585. The van der Waals surface area contributed by atoms with Crippen LogP contribution in [-0.4, -0.2) is 54.2 Å². The standard InChI is InChI=1S/C17H29N5O2S.HI/c1-4-24-17(23)22-9-6-13(7-10-22)21-16(18)19-8-5-14-11-25-15(20-14)12(2)3;/h11-13H,4-10H2,1-3H3,(H3,18,19,21);1H. The van der Waals surface area contributed by atoms with Gasteiger partial charge in [0.15, 0.2) is 5.96 Å². The molecule has 1 saturated heterocycles. The Morgan fingerprint density at radius 2 is 2.19 bits per heavy atom. The zero-order chi connectivity index (χ0) is 18.2. The Hall–Kier alpha value is -1.10. The molecule has 1 fully saturated rings. The van der Waals surface area contributed by atoms with Gasteiger partial charge in [0.25, 0.3) is 0 Å². The maximum Gasteiger partial charge on any atom is 0.409 e. The molecule has 0 radical (unpaired) electrons. The minimum absolute atomic E-state index is 0. The van der Waals surface area contributed by atoms with E-state index in [2.05, 4.69) is 34.5 Å². The van der Waals surface area contributed by atoms with Crippen molar-refractivity contribution in [2.45, 2.75) is 52.0 Å². The largest absolute Gasteiger partial charge is 0.450 e.